The van der Waals surface area contributed by atoms with Crippen LogP contribution in [0.2, 0.25) is 5.82 Å². The summed E-state index contributed by atoms with van der Waals surface area (Å²) in [6.45, 7) is 12.7. The highest BCUT2D eigenvalue weighted by atomic mass is 15.2. The molecule has 264 valence electrons. The Labute approximate surface area is 313 Å². The maximum Gasteiger partial charge on any atom is 0.217 e. The van der Waals surface area contributed by atoms with Crippen LogP contribution in [0.4, 0.5) is 5.69 Å². The molecule has 1 fully saturated rings. The molecule has 7 aliphatic rings. The first-order valence-electron chi connectivity index (χ1n) is 20.2. The summed E-state index contributed by atoms with van der Waals surface area (Å²) < 4.78 is 0. The van der Waals surface area contributed by atoms with Crippen molar-refractivity contribution < 1.29 is 0 Å². The number of rotatable bonds is 6. The van der Waals surface area contributed by atoms with Crippen LogP contribution in [-0.2, 0) is 5.41 Å². The topological polar surface area (TPSA) is 6.48 Å². The summed E-state index contributed by atoms with van der Waals surface area (Å²) in [5.41, 5.74) is 13.6. The molecule has 2 nitrogen and oxygen atoms in total. The van der Waals surface area contributed by atoms with Crippen molar-refractivity contribution >= 4 is 12.4 Å². The van der Waals surface area contributed by atoms with E-state index in [0.717, 1.165) is 32.1 Å². The molecule has 3 heteroatoms. The molecule has 52 heavy (non-hydrogen) atoms. The molecule has 2 heterocycles. The first-order valence-corrected chi connectivity index (χ1v) is 20.2. The van der Waals surface area contributed by atoms with E-state index in [1.807, 2.05) is 0 Å². The Morgan fingerprint density at radius 2 is 1.58 bits per heavy atom. The molecule has 0 amide bonds. The van der Waals surface area contributed by atoms with Crippen molar-refractivity contribution in [2.75, 3.05) is 4.90 Å². The molecule has 0 radical (unpaired) electrons. The summed E-state index contributed by atoms with van der Waals surface area (Å²) >= 11 is 0. The molecule has 0 aromatic heterocycles. The second-order valence-electron chi connectivity index (χ2n) is 17.6. The van der Waals surface area contributed by atoms with E-state index in [1.165, 1.54) is 41.1 Å². The van der Waals surface area contributed by atoms with Crippen molar-refractivity contribution in [1.82, 2.24) is 4.90 Å². The third-order valence-corrected chi connectivity index (χ3v) is 13.9. The first kappa shape index (κ1) is 33.6. The number of fused-ring (bicyclic) bond motifs is 4. The Morgan fingerprint density at radius 3 is 2.37 bits per heavy atom. The maximum atomic E-state index is 2.83. The molecular weight excluding hydrogens is 627 g/mol. The van der Waals surface area contributed by atoms with Crippen molar-refractivity contribution in [3.8, 4) is 0 Å². The standard InChI is InChI=1S/C49H55BN2/c1-34-30-45-47-46(31-34)52(40-25-17-22-37(32-40)48(2,3)35-18-9-6-10-19-35)44-33-38(49(4,5)36-20-11-7-12-21-36)28-29-42(44)50(47)41-26-15-16-27-43(41)51(45)39-23-13-8-14-24-39/h6-13,15-20,22-23,25-26,31-34,36,42-44H,14,21,24,27-30H2,1-5H3. The zero-order valence-electron chi connectivity index (χ0n) is 31.9. The van der Waals surface area contributed by atoms with E-state index in [9.17, 15) is 0 Å². The van der Waals surface area contributed by atoms with E-state index in [4.69, 9.17) is 0 Å². The van der Waals surface area contributed by atoms with Crippen LogP contribution in [0.15, 0.2) is 161 Å². The number of nitrogens with zero attached hydrogens (tertiary/aromatic N) is 2. The van der Waals surface area contributed by atoms with Crippen LogP contribution in [0.1, 0.15) is 90.7 Å². The molecule has 5 unspecified atom stereocenters. The molecule has 2 aromatic rings. The monoisotopic (exact) mass is 682 g/mol. The molecular formula is C49H55BN2. The molecule has 1 saturated heterocycles. The van der Waals surface area contributed by atoms with Gasteiger partial charge < -0.3 is 9.80 Å². The van der Waals surface area contributed by atoms with Gasteiger partial charge in [-0.15, -0.1) is 0 Å². The van der Waals surface area contributed by atoms with Gasteiger partial charge in [-0.1, -0.05) is 161 Å². The summed E-state index contributed by atoms with van der Waals surface area (Å²) in [4.78, 5) is 5.66. The van der Waals surface area contributed by atoms with Crippen LogP contribution >= 0.6 is 0 Å². The lowest BCUT2D eigenvalue weighted by Crippen LogP contribution is -2.59. The summed E-state index contributed by atoms with van der Waals surface area (Å²) in [7, 11) is 0. The second kappa shape index (κ2) is 13.0. The van der Waals surface area contributed by atoms with E-state index < -0.39 is 0 Å². The predicted molar refractivity (Wildman–Crippen MR) is 221 cm³/mol. The number of allylic oxidation sites excluding steroid dienone is 14. The minimum atomic E-state index is -0.112. The van der Waals surface area contributed by atoms with Gasteiger partial charge in [-0.2, -0.15) is 0 Å². The fraction of sp³-hybridized carbons (Fsp3) is 0.388. The molecule has 0 N–H and O–H groups in total. The van der Waals surface area contributed by atoms with Crippen LogP contribution < -0.4 is 4.90 Å². The van der Waals surface area contributed by atoms with Gasteiger partial charge in [0.05, 0.1) is 6.04 Å². The Morgan fingerprint density at radius 1 is 0.769 bits per heavy atom. The van der Waals surface area contributed by atoms with Gasteiger partial charge >= 0.3 is 0 Å². The third-order valence-electron chi connectivity index (χ3n) is 13.9. The lowest BCUT2D eigenvalue weighted by atomic mass is 9.25. The molecule has 5 atom stereocenters. The van der Waals surface area contributed by atoms with E-state index in [1.54, 1.807) is 22.2 Å². The summed E-state index contributed by atoms with van der Waals surface area (Å²) in [6.07, 6.45) is 37.1. The average molecular weight is 683 g/mol. The fourth-order valence-corrected chi connectivity index (χ4v) is 10.9. The third kappa shape index (κ3) is 5.45. The van der Waals surface area contributed by atoms with Gasteiger partial charge in [0.15, 0.2) is 0 Å². The largest absolute Gasteiger partial charge is 0.342 e. The van der Waals surface area contributed by atoms with Crippen molar-refractivity contribution in [3.63, 3.8) is 0 Å². The lowest BCUT2D eigenvalue weighted by molar-refractivity contribution is 0.297. The van der Waals surface area contributed by atoms with E-state index >= 15 is 0 Å². The number of hydrogen-bond donors (Lipinski definition) is 0. The summed E-state index contributed by atoms with van der Waals surface area (Å²) in [5.74, 6) is 1.51. The summed E-state index contributed by atoms with van der Waals surface area (Å²) in [5, 5.41) is 0. The number of benzene rings is 2. The number of hydrogen-bond acceptors (Lipinski definition) is 2. The minimum absolute atomic E-state index is 0.101. The van der Waals surface area contributed by atoms with Gasteiger partial charge in [0.25, 0.3) is 0 Å². The first-order chi connectivity index (χ1) is 25.2. The average Bonchev–Trinajstić information content (AvgIpc) is 3.18. The van der Waals surface area contributed by atoms with Gasteiger partial charge in [0.1, 0.15) is 0 Å². The molecule has 9 rings (SSSR count). The second-order valence-corrected chi connectivity index (χ2v) is 17.6. The molecule has 0 spiro atoms. The quantitative estimate of drug-likeness (QED) is 0.221. The number of anilines is 1. The summed E-state index contributed by atoms with van der Waals surface area (Å²) in [6, 6.07) is 21.4. The van der Waals surface area contributed by atoms with E-state index in [-0.39, 0.29) is 10.8 Å². The van der Waals surface area contributed by atoms with Gasteiger partial charge in [0, 0.05) is 34.2 Å². The van der Waals surface area contributed by atoms with Crippen LogP contribution in [0, 0.1) is 17.3 Å². The van der Waals surface area contributed by atoms with Crippen molar-refractivity contribution in [2.45, 2.75) is 103 Å². The van der Waals surface area contributed by atoms with Crippen LogP contribution in [-0.4, -0.2) is 23.7 Å². The van der Waals surface area contributed by atoms with Crippen LogP contribution in [0.5, 0.6) is 0 Å². The lowest BCUT2D eigenvalue weighted by Gasteiger charge is -2.58. The van der Waals surface area contributed by atoms with Crippen LogP contribution in [0.25, 0.3) is 0 Å². The maximum absolute atomic E-state index is 2.83. The van der Waals surface area contributed by atoms with Crippen molar-refractivity contribution in [2.24, 2.45) is 17.3 Å². The van der Waals surface area contributed by atoms with Gasteiger partial charge in [0.2, 0.25) is 6.71 Å². The van der Waals surface area contributed by atoms with Crippen LogP contribution in [0.3, 0.4) is 0 Å². The molecule has 2 aliphatic heterocycles. The zero-order chi connectivity index (χ0) is 35.6. The highest BCUT2D eigenvalue weighted by Crippen LogP contribution is 2.58. The van der Waals surface area contributed by atoms with Gasteiger partial charge in [-0.05, 0) is 96.4 Å². The van der Waals surface area contributed by atoms with Crippen molar-refractivity contribution in [1.29, 1.82) is 0 Å². The normalized spacial score (nSPS) is 28.1. The Balaban J connectivity index is 1.25. The Kier molecular flexibility index (Phi) is 8.40. The SMILES string of the molecule is CC1C=C2C3=C(C1)N(C1=CC=CCC1)C1CC=CC=C1B3C1CCC(C(C)(C)C3C=CC=CC3)=CC1N2c1cccc(C(C)(C)c2ccccc2)c1. The predicted octanol–water partition coefficient (Wildman–Crippen LogP) is 12.0. The zero-order valence-corrected chi connectivity index (χ0v) is 31.9. The Bertz CT molecular complexity index is 2030. The highest BCUT2D eigenvalue weighted by molar-refractivity contribution is 6.78. The van der Waals surface area contributed by atoms with Crippen molar-refractivity contribution in [3.05, 3.63) is 172 Å². The van der Waals surface area contributed by atoms with E-state index in [2.05, 4.69) is 172 Å². The van der Waals surface area contributed by atoms with Gasteiger partial charge in [-0.25, -0.2) is 0 Å². The van der Waals surface area contributed by atoms with E-state index in [0.29, 0.717) is 36.4 Å². The smallest absolute Gasteiger partial charge is 0.217 e. The Hall–Kier alpha value is -4.24. The highest BCUT2D eigenvalue weighted by Gasteiger charge is 2.55. The molecule has 0 bridgehead atoms. The molecule has 5 aliphatic carbocycles. The fourth-order valence-electron chi connectivity index (χ4n) is 10.9. The molecule has 2 aromatic carbocycles. The van der Waals surface area contributed by atoms with Gasteiger partial charge in [-0.3, -0.25) is 0 Å². The molecule has 0 saturated carbocycles. The minimum Gasteiger partial charge on any atom is -0.342 e.